The lowest BCUT2D eigenvalue weighted by molar-refractivity contribution is 0.421. The van der Waals surface area contributed by atoms with Crippen LogP contribution < -0.4 is 9.44 Å². The third-order valence-corrected chi connectivity index (χ3v) is 13.5. The summed E-state index contributed by atoms with van der Waals surface area (Å²) in [6.07, 6.45) is 7.70. The molecule has 2 N–H and O–H groups in total. The summed E-state index contributed by atoms with van der Waals surface area (Å²) < 4.78 is 58.0. The van der Waals surface area contributed by atoms with Gasteiger partial charge in [-0.2, -0.15) is 0 Å². The van der Waals surface area contributed by atoms with E-state index in [1.807, 2.05) is 38.1 Å². The average Bonchev–Trinajstić information content (AvgIpc) is 2.84. The summed E-state index contributed by atoms with van der Waals surface area (Å²) >= 11 is 0. The molecule has 0 heterocycles. The van der Waals surface area contributed by atoms with E-state index in [1.54, 1.807) is 45.9 Å². The Labute approximate surface area is 224 Å². The lowest BCUT2D eigenvalue weighted by atomic mass is 9.96. The van der Waals surface area contributed by atoms with Crippen LogP contribution in [0.4, 0.5) is 0 Å². The van der Waals surface area contributed by atoms with Crippen molar-refractivity contribution in [2.75, 3.05) is 0 Å². The zero-order chi connectivity index (χ0) is 25.8. The Morgan fingerprint density at radius 3 is 1.28 bits per heavy atom. The highest BCUT2D eigenvalue weighted by atomic mass is 33.1. The van der Waals surface area contributed by atoms with Crippen LogP contribution in [0.3, 0.4) is 0 Å². The fraction of sp³-hybridized carbons (Fsp3) is 0.538. The van der Waals surface area contributed by atoms with E-state index >= 15 is 0 Å². The molecular weight excluding hydrogens is 533 g/mol. The van der Waals surface area contributed by atoms with Gasteiger partial charge >= 0.3 is 0 Å². The second-order valence-electron chi connectivity index (χ2n) is 9.92. The first-order chi connectivity index (χ1) is 17.1. The van der Waals surface area contributed by atoms with Crippen LogP contribution in [0.25, 0.3) is 0 Å². The number of hydrogen-bond acceptors (Lipinski definition) is 6. The summed E-state index contributed by atoms with van der Waals surface area (Å²) in [5.74, 6) is 0. The van der Waals surface area contributed by atoms with Crippen LogP contribution in [0.15, 0.2) is 58.3 Å². The monoisotopic (exact) mass is 568 g/mol. The number of aryl methyl sites for hydroxylation is 2. The summed E-state index contributed by atoms with van der Waals surface area (Å²) in [6, 6.07) is 13.6. The zero-order valence-corrected chi connectivity index (χ0v) is 24.1. The molecule has 0 bridgehead atoms. The molecule has 0 spiro atoms. The molecule has 0 amide bonds. The van der Waals surface area contributed by atoms with Crippen molar-refractivity contribution < 1.29 is 16.8 Å². The van der Waals surface area contributed by atoms with E-state index in [9.17, 15) is 16.8 Å². The van der Waals surface area contributed by atoms with Gasteiger partial charge in [0, 0.05) is 22.6 Å². The summed E-state index contributed by atoms with van der Waals surface area (Å²) in [4.78, 5) is 0.598. The van der Waals surface area contributed by atoms with Crippen LogP contribution >= 0.6 is 21.6 Å². The van der Waals surface area contributed by atoms with Gasteiger partial charge in [-0.05, 0) is 63.8 Å². The molecule has 36 heavy (non-hydrogen) atoms. The quantitative estimate of drug-likeness (QED) is 0.385. The number of rotatable bonds is 9. The molecule has 2 aromatic rings. The first-order valence-electron chi connectivity index (χ1n) is 12.6. The molecule has 10 heteroatoms. The molecule has 6 nitrogen and oxygen atoms in total. The molecule has 0 aromatic heterocycles. The molecule has 4 atom stereocenters. The Morgan fingerprint density at radius 2 is 0.917 bits per heavy atom. The molecule has 2 fully saturated rings. The fourth-order valence-electron chi connectivity index (χ4n) is 4.81. The summed E-state index contributed by atoms with van der Waals surface area (Å²) in [7, 11) is -3.71. The smallest absolute Gasteiger partial charge is 0.207 e. The predicted molar refractivity (Wildman–Crippen MR) is 150 cm³/mol. The molecule has 4 rings (SSSR count). The Kier molecular flexibility index (Phi) is 9.49. The fourth-order valence-corrected chi connectivity index (χ4v) is 11.3. The molecule has 2 aromatic carbocycles. The van der Waals surface area contributed by atoms with E-state index in [0.717, 1.165) is 62.5 Å². The number of nitrogens with one attached hydrogen (secondary N) is 2. The third kappa shape index (κ3) is 7.29. The molecule has 198 valence electrons. The Balaban J connectivity index is 1.40. The van der Waals surface area contributed by atoms with E-state index in [2.05, 4.69) is 9.44 Å². The summed E-state index contributed by atoms with van der Waals surface area (Å²) in [6.45, 7) is 3.88. The highest BCUT2D eigenvalue weighted by Crippen LogP contribution is 2.43. The maximum Gasteiger partial charge on any atom is 0.240 e. The highest BCUT2D eigenvalue weighted by molar-refractivity contribution is 8.77. The van der Waals surface area contributed by atoms with Crippen molar-refractivity contribution in [3.8, 4) is 0 Å². The van der Waals surface area contributed by atoms with Crippen molar-refractivity contribution in [3.05, 3.63) is 59.7 Å². The second kappa shape index (κ2) is 12.2. The van der Waals surface area contributed by atoms with Gasteiger partial charge in [0.15, 0.2) is 0 Å². The standard InChI is InChI=1S/C26H36N2O4S4/c1-19-11-15-21(16-12-19)35(29,30)27-23-7-3-5-9-25(23)33-34-26-10-6-4-8-24(26)28-36(31,32)22-17-13-20(2)14-18-22/h11-18,23-28H,3-10H2,1-2H3/t23-,24?,25-,26?/m1/s1. The normalized spacial score (nSPS) is 25.5. The molecule has 2 aliphatic carbocycles. The Bertz CT molecular complexity index is 1120. The average molecular weight is 569 g/mol. The molecule has 2 aliphatic rings. The maximum atomic E-state index is 13.0. The molecule has 0 saturated heterocycles. The highest BCUT2D eigenvalue weighted by Gasteiger charge is 2.34. The minimum absolute atomic E-state index is 0.131. The van der Waals surface area contributed by atoms with Crippen LogP contribution in [0.5, 0.6) is 0 Å². The number of sulfonamides is 2. The van der Waals surface area contributed by atoms with Gasteiger partial charge < -0.3 is 0 Å². The zero-order valence-electron chi connectivity index (χ0n) is 20.9. The minimum Gasteiger partial charge on any atom is -0.207 e. The summed E-state index contributed by atoms with van der Waals surface area (Å²) in [5.41, 5.74) is 2.05. The second-order valence-corrected chi connectivity index (χ2v) is 16.1. The van der Waals surface area contributed by atoms with Gasteiger partial charge in [0.2, 0.25) is 20.0 Å². The molecule has 2 saturated carbocycles. The first kappa shape index (κ1) is 28.0. The Hall–Kier alpha value is -1.04. The van der Waals surface area contributed by atoms with Crippen LogP contribution in [-0.2, 0) is 20.0 Å². The van der Waals surface area contributed by atoms with Gasteiger partial charge in [0.25, 0.3) is 0 Å². The Morgan fingerprint density at radius 1 is 0.583 bits per heavy atom. The molecule has 2 unspecified atom stereocenters. The van der Waals surface area contributed by atoms with E-state index in [0.29, 0.717) is 9.79 Å². The number of hydrogen-bond donors (Lipinski definition) is 2. The van der Waals surface area contributed by atoms with E-state index in [-0.39, 0.29) is 22.6 Å². The van der Waals surface area contributed by atoms with Gasteiger partial charge in [-0.15, -0.1) is 0 Å². The van der Waals surface area contributed by atoms with Crippen molar-refractivity contribution in [1.82, 2.24) is 9.44 Å². The van der Waals surface area contributed by atoms with E-state index < -0.39 is 20.0 Å². The van der Waals surface area contributed by atoms with Gasteiger partial charge in [-0.3, -0.25) is 0 Å². The lowest BCUT2D eigenvalue weighted by Gasteiger charge is -2.35. The van der Waals surface area contributed by atoms with E-state index in [4.69, 9.17) is 0 Å². The van der Waals surface area contributed by atoms with Crippen LogP contribution in [0.1, 0.15) is 62.5 Å². The van der Waals surface area contributed by atoms with Crippen molar-refractivity contribution in [1.29, 1.82) is 0 Å². The number of benzene rings is 2. The molecule has 0 radical (unpaired) electrons. The summed E-state index contributed by atoms with van der Waals surface area (Å²) in [5, 5.41) is 0.306. The molecular formula is C26H36N2O4S4. The predicted octanol–water partition coefficient (Wildman–Crippen LogP) is 5.56. The van der Waals surface area contributed by atoms with Crippen LogP contribution in [-0.4, -0.2) is 39.4 Å². The van der Waals surface area contributed by atoms with Gasteiger partial charge in [-0.1, -0.05) is 82.7 Å². The first-order valence-corrected chi connectivity index (χ1v) is 17.9. The van der Waals surface area contributed by atoms with Gasteiger partial charge in [0.05, 0.1) is 9.79 Å². The van der Waals surface area contributed by atoms with Crippen LogP contribution in [0.2, 0.25) is 0 Å². The van der Waals surface area contributed by atoms with E-state index in [1.165, 1.54) is 0 Å². The third-order valence-electron chi connectivity index (χ3n) is 6.98. The van der Waals surface area contributed by atoms with Crippen molar-refractivity contribution in [2.45, 2.75) is 97.6 Å². The van der Waals surface area contributed by atoms with Gasteiger partial charge in [-0.25, -0.2) is 26.3 Å². The largest absolute Gasteiger partial charge is 0.240 e. The minimum atomic E-state index is -3.59. The topological polar surface area (TPSA) is 92.3 Å². The van der Waals surface area contributed by atoms with Crippen molar-refractivity contribution in [3.63, 3.8) is 0 Å². The van der Waals surface area contributed by atoms with Crippen molar-refractivity contribution >= 4 is 41.6 Å². The SMILES string of the molecule is Cc1ccc(S(=O)(=O)NC2CCCCC2SS[C@@H]2CCCC[C@H]2NS(=O)(=O)c2ccc(C)cc2)cc1. The van der Waals surface area contributed by atoms with Crippen LogP contribution in [0, 0.1) is 13.8 Å². The lowest BCUT2D eigenvalue weighted by Crippen LogP contribution is -2.45. The molecule has 0 aliphatic heterocycles. The van der Waals surface area contributed by atoms with Gasteiger partial charge in [0.1, 0.15) is 0 Å². The van der Waals surface area contributed by atoms with Crippen molar-refractivity contribution in [2.24, 2.45) is 0 Å². The maximum absolute atomic E-state index is 13.0.